The lowest BCUT2D eigenvalue weighted by atomic mass is 10.2. The fourth-order valence-corrected chi connectivity index (χ4v) is 1.71. The highest BCUT2D eigenvalue weighted by atomic mass is 35.5. The first-order valence-corrected chi connectivity index (χ1v) is 5.99. The van der Waals surface area contributed by atoms with Crippen molar-refractivity contribution in [1.29, 1.82) is 0 Å². The number of aryl methyl sites for hydroxylation is 1. The Morgan fingerprint density at radius 3 is 2.65 bits per heavy atom. The number of hydrogen-bond acceptors (Lipinski definition) is 5. The molecule has 0 aliphatic heterocycles. The maximum atomic E-state index is 11.9. The van der Waals surface area contributed by atoms with Gasteiger partial charge in [-0.15, -0.1) is 0 Å². The summed E-state index contributed by atoms with van der Waals surface area (Å²) in [5.74, 6) is -1.06. The third-order valence-corrected chi connectivity index (χ3v) is 2.72. The molecule has 0 atom stereocenters. The highest BCUT2D eigenvalue weighted by Crippen LogP contribution is 2.16. The van der Waals surface area contributed by atoms with Crippen LogP contribution in [0.15, 0.2) is 30.3 Å². The van der Waals surface area contributed by atoms with E-state index < -0.39 is 11.9 Å². The van der Waals surface area contributed by atoms with E-state index in [1.54, 1.807) is 25.2 Å². The highest BCUT2D eigenvalue weighted by molar-refractivity contribution is 6.30. The van der Waals surface area contributed by atoms with Crippen molar-refractivity contribution in [2.24, 2.45) is 7.05 Å². The second-order valence-electron chi connectivity index (χ2n) is 3.88. The van der Waals surface area contributed by atoms with Crippen LogP contribution in [0.1, 0.15) is 20.8 Å². The Labute approximate surface area is 119 Å². The van der Waals surface area contributed by atoms with Gasteiger partial charge in [-0.3, -0.25) is 0 Å². The van der Waals surface area contributed by atoms with Gasteiger partial charge < -0.3 is 9.47 Å². The second kappa shape index (κ2) is 5.75. The van der Waals surface area contributed by atoms with Crippen molar-refractivity contribution in [2.45, 2.75) is 0 Å². The second-order valence-corrected chi connectivity index (χ2v) is 4.32. The number of rotatable bonds is 3. The SMILES string of the molecule is COC(=O)c1cc(OC(=O)c2cccc(Cl)c2)n(C)n1. The maximum absolute atomic E-state index is 11.9. The van der Waals surface area contributed by atoms with Crippen molar-refractivity contribution in [1.82, 2.24) is 9.78 Å². The lowest BCUT2D eigenvalue weighted by Gasteiger charge is -2.03. The minimum absolute atomic E-state index is 0.0592. The van der Waals surface area contributed by atoms with Gasteiger partial charge in [0.1, 0.15) is 0 Å². The molecule has 7 heteroatoms. The number of carbonyl (C=O) groups excluding carboxylic acids is 2. The first-order chi connectivity index (χ1) is 9.51. The van der Waals surface area contributed by atoms with Crippen molar-refractivity contribution in [3.63, 3.8) is 0 Å². The fraction of sp³-hybridized carbons (Fsp3) is 0.154. The molecular formula is C13H11ClN2O4. The molecule has 1 heterocycles. The number of aromatic nitrogens is 2. The van der Waals surface area contributed by atoms with E-state index in [1.807, 2.05) is 0 Å². The van der Waals surface area contributed by atoms with Gasteiger partial charge in [0.2, 0.25) is 5.88 Å². The van der Waals surface area contributed by atoms with Gasteiger partial charge in [-0.2, -0.15) is 5.10 Å². The van der Waals surface area contributed by atoms with Crippen LogP contribution in [-0.2, 0) is 11.8 Å². The Morgan fingerprint density at radius 2 is 2.00 bits per heavy atom. The van der Waals surface area contributed by atoms with Crippen LogP contribution in [0, 0.1) is 0 Å². The minimum atomic E-state index is -0.606. The predicted molar refractivity (Wildman–Crippen MR) is 71.0 cm³/mol. The zero-order valence-corrected chi connectivity index (χ0v) is 11.5. The summed E-state index contributed by atoms with van der Waals surface area (Å²) in [4.78, 5) is 23.3. The van der Waals surface area contributed by atoms with Crippen molar-refractivity contribution < 1.29 is 19.1 Å². The molecular weight excluding hydrogens is 284 g/mol. The monoisotopic (exact) mass is 294 g/mol. The first kappa shape index (κ1) is 14.1. The molecule has 0 fully saturated rings. The molecule has 0 N–H and O–H groups in total. The van der Waals surface area contributed by atoms with Crippen LogP contribution in [0.4, 0.5) is 0 Å². The van der Waals surface area contributed by atoms with Crippen molar-refractivity contribution >= 4 is 23.5 Å². The lowest BCUT2D eigenvalue weighted by Crippen LogP contribution is -2.10. The summed E-state index contributed by atoms with van der Waals surface area (Å²) in [7, 11) is 2.79. The number of hydrogen-bond donors (Lipinski definition) is 0. The maximum Gasteiger partial charge on any atom is 0.358 e. The van der Waals surface area contributed by atoms with E-state index in [4.69, 9.17) is 16.3 Å². The normalized spacial score (nSPS) is 10.2. The number of benzene rings is 1. The zero-order chi connectivity index (χ0) is 14.7. The van der Waals surface area contributed by atoms with E-state index in [0.717, 1.165) is 0 Å². The lowest BCUT2D eigenvalue weighted by molar-refractivity contribution is 0.0592. The quantitative estimate of drug-likeness (QED) is 0.811. The van der Waals surface area contributed by atoms with E-state index in [0.29, 0.717) is 10.6 Å². The largest absolute Gasteiger partial charge is 0.464 e. The molecule has 0 spiro atoms. The van der Waals surface area contributed by atoms with Crippen LogP contribution in [0.5, 0.6) is 5.88 Å². The topological polar surface area (TPSA) is 70.4 Å². The fourth-order valence-electron chi connectivity index (χ4n) is 1.52. The zero-order valence-electron chi connectivity index (χ0n) is 10.8. The number of ether oxygens (including phenoxy) is 2. The molecule has 0 bridgehead atoms. The number of methoxy groups -OCH3 is 1. The van der Waals surface area contributed by atoms with Crippen molar-refractivity contribution in [3.05, 3.63) is 46.6 Å². The molecule has 0 aliphatic rings. The van der Waals surface area contributed by atoms with Gasteiger partial charge in [-0.05, 0) is 18.2 Å². The van der Waals surface area contributed by atoms with Crippen LogP contribution in [0.2, 0.25) is 5.02 Å². The summed E-state index contributed by atoms with van der Waals surface area (Å²) in [6.07, 6.45) is 0. The van der Waals surface area contributed by atoms with Gasteiger partial charge >= 0.3 is 11.9 Å². The number of carbonyl (C=O) groups is 2. The Morgan fingerprint density at radius 1 is 1.25 bits per heavy atom. The van der Waals surface area contributed by atoms with Crippen LogP contribution in [-0.4, -0.2) is 28.8 Å². The van der Waals surface area contributed by atoms with Crippen LogP contribution in [0.25, 0.3) is 0 Å². The first-order valence-electron chi connectivity index (χ1n) is 5.61. The molecule has 0 saturated carbocycles. The van der Waals surface area contributed by atoms with Crippen molar-refractivity contribution in [2.75, 3.05) is 7.11 Å². The highest BCUT2D eigenvalue weighted by Gasteiger charge is 2.17. The van der Waals surface area contributed by atoms with Crippen LogP contribution < -0.4 is 4.74 Å². The minimum Gasteiger partial charge on any atom is -0.464 e. The molecule has 104 valence electrons. The number of halogens is 1. The summed E-state index contributed by atoms with van der Waals surface area (Å²) in [5.41, 5.74) is 0.363. The third kappa shape index (κ3) is 2.97. The van der Waals surface area contributed by atoms with Crippen LogP contribution >= 0.6 is 11.6 Å². The molecule has 0 amide bonds. The van der Waals surface area contributed by atoms with Crippen LogP contribution in [0.3, 0.4) is 0 Å². The Hall–Kier alpha value is -2.34. The molecule has 1 aromatic heterocycles. The van der Waals surface area contributed by atoms with Gasteiger partial charge in [-0.25, -0.2) is 14.3 Å². The third-order valence-electron chi connectivity index (χ3n) is 2.49. The van der Waals surface area contributed by atoms with Crippen molar-refractivity contribution in [3.8, 4) is 5.88 Å². The van der Waals surface area contributed by atoms with E-state index >= 15 is 0 Å². The molecule has 0 unspecified atom stereocenters. The molecule has 20 heavy (non-hydrogen) atoms. The van der Waals surface area contributed by atoms with Gasteiger partial charge in [0.05, 0.1) is 12.7 Å². The molecule has 2 rings (SSSR count). The average Bonchev–Trinajstić information content (AvgIpc) is 2.79. The van der Waals surface area contributed by atoms with Gasteiger partial charge in [0.15, 0.2) is 5.69 Å². The number of esters is 2. The molecule has 2 aromatic rings. The summed E-state index contributed by atoms with van der Waals surface area (Å²) >= 11 is 5.80. The van der Waals surface area contributed by atoms with E-state index in [-0.39, 0.29) is 11.6 Å². The molecule has 0 saturated heterocycles. The smallest absolute Gasteiger partial charge is 0.358 e. The Bertz CT molecular complexity index is 666. The van der Waals surface area contributed by atoms with E-state index in [1.165, 1.54) is 23.9 Å². The van der Waals surface area contributed by atoms with Gasteiger partial charge in [-0.1, -0.05) is 17.7 Å². The van der Waals surface area contributed by atoms with Gasteiger partial charge in [0, 0.05) is 18.1 Å². The molecule has 0 radical (unpaired) electrons. The standard InChI is InChI=1S/C13H11ClN2O4/c1-16-11(7-10(15-16)13(18)19-2)20-12(17)8-4-3-5-9(14)6-8/h3-7H,1-2H3. The summed E-state index contributed by atoms with van der Waals surface area (Å²) in [6.45, 7) is 0. The predicted octanol–water partition coefficient (Wildman–Crippen LogP) is 2.08. The van der Waals surface area contributed by atoms with E-state index in [9.17, 15) is 9.59 Å². The number of nitrogens with zero attached hydrogens (tertiary/aromatic N) is 2. The Balaban J connectivity index is 2.20. The molecule has 1 aromatic carbocycles. The van der Waals surface area contributed by atoms with Gasteiger partial charge in [0.25, 0.3) is 0 Å². The molecule has 6 nitrogen and oxygen atoms in total. The molecule has 0 aliphatic carbocycles. The average molecular weight is 295 g/mol. The Kier molecular flexibility index (Phi) is 4.05. The van der Waals surface area contributed by atoms with E-state index in [2.05, 4.69) is 9.84 Å². The summed E-state index contributed by atoms with van der Waals surface area (Å²) < 4.78 is 11.0. The summed E-state index contributed by atoms with van der Waals surface area (Å²) in [5, 5.41) is 4.31. The summed E-state index contributed by atoms with van der Waals surface area (Å²) in [6, 6.07) is 7.68.